The van der Waals surface area contributed by atoms with E-state index in [2.05, 4.69) is 106 Å². The molecule has 0 aromatic heterocycles. The van der Waals surface area contributed by atoms with Crippen LogP contribution in [0.25, 0.3) is 0 Å². The summed E-state index contributed by atoms with van der Waals surface area (Å²) in [5.41, 5.74) is 0. The summed E-state index contributed by atoms with van der Waals surface area (Å²) in [5, 5.41) is 0. The fraction of sp³-hybridized carbons (Fsp3) is 0.730. The molecule has 0 aliphatic rings. The summed E-state index contributed by atoms with van der Waals surface area (Å²) in [5.74, 6) is -0.877. The molecule has 0 aliphatic heterocycles. The summed E-state index contributed by atoms with van der Waals surface area (Å²) in [4.78, 5) is 37.8. The summed E-state index contributed by atoms with van der Waals surface area (Å²) in [6.07, 6.45) is 74.6. The lowest BCUT2D eigenvalue weighted by Crippen LogP contribution is -2.30. The zero-order valence-corrected chi connectivity index (χ0v) is 45.3. The van der Waals surface area contributed by atoms with Crippen LogP contribution in [0.5, 0.6) is 0 Å². The van der Waals surface area contributed by atoms with E-state index >= 15 is 0 Å². The zero-order valence-electron chi connectivity index (χ0n) is 45.3. The average molecular weight is 962 g/mol. The summed E-state index contributed by atoms with van der Waals surface area (Å²) in [6.45, 7) is 6.49. The Hall–Kier alpha value is -3.41. The van der Waals surface area contributed by atoms with Crippen LogP contribution in [0.2, 0.25) is 0 Å². The Kier molecular flexibility index (Phi) is 54.3. The van der Waals surface area contributed by atoms with Gasteiger partial charge in [-0.2, -0.15) is 0 Å². The number of unbranched alkanes of at least 4 members (excludes halogenated alkanes) is 27. The topological polar surface area (TPSA) is 78.9 Å². The van der Waals surface area contributed by atoms with Crippen LogP contribution >= 0.6 is 0 Å². The number of rotatable bonds is 52. The van der Waals surface area contributed by atoms with Gasteiger partial charge in [-0.05, 0) is 77.0 Å². The van der Waals surface area contributed by atoms with Crippen molar-refractivity contribution in [2.24, 2.45) is 0 Å². The molecule has 0 aromatic rings. The van der Waals surface area contributed by atoms with E-state index in [0.29, 0.717) is 19.3 Å². The monoisotopic (exact) mass is 961 g/mol. The van der Waals surface area contributed by atoms with E-state index in [0.717, 1.165) is 103 Å². The number of hydrogen-bond donors (Lipinski definition) is 0. The molecule has 0 saturated carbocycles. The van der Waals surface area contributed by atoms with Gasteiger partial charge in [-0.25, -0.2) is 0 Å². The second kappa shape index (κ2) is 57.2. The van der Waals surface area contributed by atoms with Crippen LogP contribution in [0.3, 0.4) is 0 Å². The summed E-state index contributed by atoms with van der Waals surface area (Å²) in [7, 11) is 0. The molecule has 0 aromatic carbocycles. The molecule has 1 atom stereocenters. The lowest BCUT2D eigenvalue weighted by atomic mass is 10.0. The largest absolute Gasteiger partial charge is 0.462 e. The third-order valence-corrected chi connectivity index (χ3v) is 12.4. The molecule has 0 heterocycles. The molecule has 0 fully saturated rings. The maximum Gasteiger partial charge on any atom is 0.306 e. The van der Waals surface area contributed by atoms with Crippen LogP contribution < -0.4 is 0 Å². The molecule has 6 heteroatoms. The van der Waals surface area contributed by atoms with Crippen molar-refractivity contribution in [3.63, 3.8) is 0 Å². The highest BCUT2D eigenvalue weighted by atomic mass is 16.6. The van der Waals surface area contributed by atoms with E-state index in [1.54, 1.807) is 0 Å². The van der Waals surface area contributed by atoms with Gasteiger partial charge in [0.05, 0.1) is 0 Å². The Bertz CT molecular complexity index is 1330. The first kappa shape index (κ1) is 65.6. The average Bonchev–Trinajstić information content (AvgIpc) is 3.35. The SMILES string of the molecule is CC/C=C\C/C=C\C/C=C\C/C=C\C/C=C\C/C=C\C/C=C\CCCCCCCCCCCCCC(=O)OCC(COC(=O)CCCCCCCCCC)OC(=O)CCCCCCCCCCCC. The van der Waals surface area contributed by atoms with Crippen molar-refractivity contribution in [1.29, 1.82) is 0 Å². The van der Waals surface area contributed by atoms with E-state index in [1.165, 1.54) is 135 Å². The van der Waals surface area contributed by atoms with E-state index < -0.39 is 6.10 Å². The van der Waals surface area contributed by atoms with Crippen LogP contribution in [0.15, 0.2) is 85.1 Å². The van der Waals surface area contributed by atoms with Gasteiger partial charge in [-0.15, -0.1) is 0 Å². The highest BCUT2D eigenvalue weighted by Crippen LogP contribution is 2.16. The molecule has 0 N–H and O–H groups in total. The molecule has 0 spiro atoms. The van der Waals surface area contributed by atoms with Crippen molar-refractivity contribution in [2.75, 3.05) is 13.2 Å². The van der Waals surface area contributed by atoms with Gasteiger partial charge in [0.15, 0.2) is 6.10 Å². The minimum atomic E-state index is -0.770. The predicted octanol–water partition coefficient (Wildman–Crippen LogP) is 19.5. The second-order valence-electron chi connectivity index (χ2n) is 19.2. The van der Waals surface area contributed by atoms with E-state index in [1.807, 2.05) is 0 Å². The fourth-order valence-corrected chi connectivity index (χ4v) is 8.07. The quantitative estimate of drug-likeness (QED) is 0.0262. The molecule has 396 valence electrons. The van der Waals surface area contributed by atoms with Gasteiger partial charge < -0.3 is 14.2 Å². The van der Waals surface area contributed by atoms with Gasteiger partial charge in [-0.1, -0.05) is 266 Å². The molecular formula is C63H108O6. The lowest BCUT2D eigenvalue weighted by molar-refractivity contribution is -0.167. The van der Waals surface area contributed by atoms with Gasteiger partial charge in [0.1, 0.15) is 13.2 Å². The third-order valence-electron chi connectivity index (χ3n) is 12.4. The van der Waals surface area contributed by atoms with Crippen LogP contribution in [-0.2, 0) is 28.6 Å². The smallest absolute Gasteiger partial charge is 0.306 e. The predicted molar refractivity (Wildman–Crippen MR) is 297 cm³/mol. The van der Waals surface area contributed by atoms with E-state index in [4.69, 9.17) is 14.2 Å². The minimum Gasteiger partial charge on any atom is -0.462 e. The third kappa shape index (κ3) is 55.4. The minimum absolute atomic E-state index is 0.0729. The first-order valence-corrected chi connectivity index (χ1v) is 29.1. The van der Waals surface area contributed by atoms with Gasteiger partial charge in [0.2, 0.25) is 0 Å². The Balaban J connectivity index is 4.04. The summed E-state index contributed by atoms with van der Waals surface area (Å²) >= 11 is 0. The number of carbonyl (C=O) groups excluding carboxylic acids is 3. The van der Waals surface area contributed by atoms with Crippen LogP contribution in [0, 0.1) is 0 Å². The lowest BCUT2D eigenvalue weighted by Gasteiger charge is -2.18. The second-order valence-corrected chi connectivity index (χ2v) is 19.2. The Morgan fingerprint density at radius 1 is 0.304 bits per heavy atom. The molecule has 0 bridgehead atoms. The Labute approximate surface area is 426 Å². The normalized spacial score (nSPS) is 12.7. The van der Waals surface area contributed by atoms with Crippen LogP contribution in [0.4, 0.5) is 0 Å². The first-order chi connectivity index (χ1) is 34.0. The van der Waals surface area contributed by atoms with E-state index in [9.17, 15) is 14.4 Å². The van der Waals surface area contributed by atoms with Crippen molar-refractivity contribution in [1.82, 2.24) is 0 Å². The van der Waals surface area contributed by atoms with Crippen molar-refractivity contribution in [3.8, 4) is 0 Å². The van der Waals surface area contributed by atoms with Crippen molar-refractivity contribution < 1.29 is 28.6 Å². The van der Waals surface area contributed by atoms with Gasteiger partial charge in [-0.3, -0.25) is 14.4 Å². The van der Waals surface area contributed by atoms with Crippen LogP contribution in [-0.4, -0.2) is 37.2 Å². The molecule has 0 saturated heterocycles. The zero-order chi connectivity index (χ0) is 50.0. The molecule has 1 unspecified atom stereocenters. The number of hydrogen-bond acceptors (Lipinski definition) is 6. The molecule has 69 heavy (non-hydrogen) atoms. The van der Waals surface area contributed by atoms with Crippen molar-refractivity contribution in [2.45, 2.75) is 284 Å². The van der Waals surface area contributed by atoms with Crippen molar-refractivity contribution >= 4 is 17.9 Å². The highest BCUT2D eigenvalue weighted by molar-refractivity contribution is 5.71. The number of allylic oxidation sites excluding steroid dienone is 14. The molecule has 0 radical (unpaired) electrons. The van der Waals surface area contributed by atoms with Gasteiger partial charge in [0, 0.05) is 19.3 Å². The Morgan fingerprint density at radius 3 is 0.884 bits per heavy atom. The first-order valence-electron chi connectivity index (χ1n) is 29.1. The highest BCUT2D eigenvalue weighted by Gasteiger charge is 2.19. The molecule has 0 aliphatic carbocycles. The molecule has 0 amide bonds. The van der Waals surface area contributed by atoms with E-state index in [-0.39, 0.29) is 31.1 Å². The van der Waals surface area contributed by atoms with Gasteiger partial charge >= 0.3 is 17.9 Å². The summed E-state index contributed by atoms with van der Waals surface area (Å²) < 4.78 is 16.7. The van der Waals surface area contributed by atoms with Gasteiger partial charge in [0.25, 0.3) is 0 Å². The molecular weight excluding hydrogens is 853 g/mol. The number of ether oxygens (including phenoxy) is 3. The number of esters is 3. The fourth-order valence-electron chi connectivity index (χ4n) is 8.07. The maximum atomic E-state index is 12.7. The molecule has 0 rings (SSSR count). The summed E-state index contributed by atoms with van der Waals surface area (Å²) in [6, 6.07) is 0. The van der Waals surface area contributed by atoms with Crippen molar-refractivity contribution in [3.05, 3.63) is 85.1 Å². The standard InChI is InChI=1S/C63H108O6/c1-4-7-10-13-16-19-21-22-23-24-25-26-27-28-29-30-31-32-33-34-35-36-37-38-39-40-41-42-43-45-47-50-53-56-62(65)68-59-60(58-67-61(64)55-52-49-46-18-15-12-9-6-3)69-63(66)57-54-51-48-44-20-17-14-11-8-5-2/h7,10,16,19,22-23,25-26,28-29,31-32,34-35,60H,4-6,8-9,11-15,17-18,20-21,24,27,30,33,36-59H2,1-3H3/b10-7-,19-16-,23-22-,26-25-,29-28-,32-31-,35-34-. The van der Waals surface area contributed by atoms with Crippen LogP contribution in [0.1, 0.15) is 278 Å². The molecule has 6 nitrogen and oxygen atoms in total. The Morgan fingerprint density at radius 2 is 0.565 bits per heavy atom. The number of carbonyl (C=O) groups is 3. The maximum absolute atomic E-state index is 12.7.